The lowest BCUT2D eigenvalue weighted by atomic mass is 9.85. The number of allylic oxidation sites excluding steroid dienone is 4. The standard InChI is InChI=1S/C27H36OS/c1-5-6-7-13-26(28)22-14-16-23(17-15-22)27-21(4)19(2)20(3)25(27)12-8-10-24-11-9-18-29-24/h9,11,14-18,25-26,28H,5-8,10,12-13H2,1-4H3/t25-,26?/m0/s1. The van der Waals surface area contributed by atoms with E-state index in [1.165, 1.54) is 64.8 Å². The minimum absolute atomic E-state index is 0.336. The molecular formula is C27H36OS. The molecule has 0 saturated carbocycles. The minimum atomic E-state index is -0.336. The second-order valence-corrected chi connectivity index (χ2v) is 9.54. The van der Waals surface area contributed by atoms with E-state index in [1.807, 2.05) is 11.3 Å². The van der Waals surface area contributed by atoms with Crippen molar-refractivity contribution in [3.63, 3.8) is 0 Å². The van der Waals surface area contributed by atoms with E-state index in [1.54, 1.807) is 0 Å². The van der Waals surface area contributed by atoms with Crippen molar-refractivity contribution < 1.29 is 5.11 Å². The van der Waals surface area contributed by atoms with Gasteiger partial charge in [0.05, 0.1) is 6.10 Å². The lowest BCUT2D eigenvalue weighted by molar-refractivity contribution is 0.163. The Morgan fingerprint density at radius 1 is 0.966 bits per heavy atom. The van der Waals surface area contributed by atoms with Gasteiger partial charge < -0.3 is 5.11 Å². The molecule has 0 amide bonds. The van der Waals surface area contributed by atoms with Gasteiger partial charge in [0.1, 0.15) is 0 Å². The summed E-state index contributed by atoms with van der Waals surface area (Å²) in [7, 11) is 0. The average Bonchev–Trinajstić information content (AvgIpc) is 3.32. The Morgan fingerprint density at radius 3 is 2.38 bits per heavy atom. The molecule has 1 unspecified atom stereocenters. The molecule has 1 aliphatic rings. The summed E-state index contributed by atoms with van der Waals surface area (Å²) in [5.74, 6) is 0.523. The van der Waals surface area contributed by atoms with E-state index in [0.29, 0.717) is 5.92 Å². The Hall–Kier alpha value is -1.64. The third kappa shape index (κ3) is 5.29. The lowest BCUT2D eigenvalue weighted by Crippen LogP contribution is -2.04. The predicted octanol–water partition coefficient (Wildman–Crippen LogP) is 8.12. The van der Waals surface area contributed by atoms with E-state index in [9.17, 15) is 5.11 Å². The number of aliphatic hydroxyl groups excluding tert-OH is 1. The summed E-state index contributed by atoms with van der Waals surface area (Å²) < 4.78 is 0. The fraction of sp³-hybridized carbons (Fsp3) is 0.481. The van der Waals surface area contributed by atoms with Gasteiger partial charge in [0, 0.05) is 10.8 Å². The maximum absolute atomic E-state index is 10.5. The molecule has 1 heterocycles. The highest BCUT2D eigenvalue weighted by atomic mass is 32.1. The molecule has 1 N–H and O–H groups in total. The molecule has 2 heteroatoms. The normalized spacial score (nSPS) is 18.0. The molecule has 0 bridgehead atoms. The van der Waals surface area contributed by atoms with E-state index in [0.717, 1.165) is 18.4 Å². The fourth-order valence-electron chi connectivity index (χ4n) is 4.59. The van der Waals surface area contributed by atoms with Crippen molar-refractivity contribution >= 4 is 16.9 Å². The van der Waals surface area contributed by atoms with E-state index < -0.39 is 0 Å². The number of rotatable bonds is 10. The summed E-state index contributed by atoms with van der Waals surface area (Å²) in [4.78, 5) is 1.49. The zero-order valence-corrected chi connectivity index (χ0v) is 19.3. The number of benzene rings is 1. The number of unbranched alkanes of at least 4 members (excludes halogenated alkanes) is 2. The number of hydrogen-bond donors (Lipinski definition) is 1. The fourth-order valence-corrected chi connectivity index (χ4v) is 5.34. The zero-order chi connectivity index (χ0) is 20.8. The summed E-state index contributed by atoms with van der Waals surface area (Å²) in [5, 5.41) is 12.7. The van der Waals surface area contributed by atoms with Gasteiger partial charge in [0.15, 0.2) is 0 Å². The number of aliphatic hydroxyl groups is 1. The quantitative estimate of drug-likeness (QED) is 0.393. The minimum Gasteiger partial charge on any atom is -0.388 e. The third-order valence-electron chi connectivity index (χ3n) is 6.61. The summed E-state index contributed by atoms with van der Waals surface area (Å²) in [6, 6.07) is 13.1. The summed E-state index contributed by atoms with van der Waals surface area (Å²) >= 11 is 1.87. The summed E-state index contributed by atoms with van der Waals surface area (Å²) in [6.07, 6.45) is 7.61. The topological polar surface area (TPSA) is 20.2 Å². The van der Waals surface area contributed by atoms with Gasteiger partial charge >= 0.3 is 0 Å². The highest BCUT2D eigenvalue weighted by Crippen LogP contribution is 2.45. The van der Waals surface area contributed by atoms with E-state index in [4.69, 9.17) is 0 Å². The van der Waals surface area contributed by atoms with Crippen molar-refractivity contribution in [2.45, 2.75) is 78.7 Å². The van der Waals surface area contributed by atoms with Crippen LogP contribution in [0.15, 0.2) is 58.5 Å². The van der Waals surface area contributed by atoms with Crippen LogP contribution in [0.3, 0.4) is 0 Å². The Morgan fingerprint density at radius 2 is 1.72 bits per heavy atom. The maximum atomic E-state index is 10.5. The monoisotopic (exact) mass is 408 g/mol. The molecule has 0 radical (unpaired) electrons. The predicted molar refractivity (Wildman–Crippen MR) is 127 cm³/mol. The molecule has 2 atom stereocenters. The largest absolute Gasteiger partial charge is 0.388 e. The van der Waals surface area contributed by atoms with Gasteiger partial charge in [0.2, 0.25) is 0 Å². The molecule has 0 saturated heterocycles. The molecule has 1 aromatic heterocycles. The molecule has 29 heavy (non-hydrogen) atoms. The van der Waals surface area contributed by atoms with E-state index >= 15 is 0 Å². The van der Waals surface area contributed by atoms with Crippen LogP contribution in [0.2, 0.25) is 0 Å². The molecule has 1 aliphatic carbocycles. The molecule has 0 aliphatic heterocycles. The van der Waals surface area contributed by atoms with Crippen LogP contribution >= 0.6 is 11.3 Å². The Balaban J connectivity index is 1.71. The summed E-state index contributed by atoms with van der Waals surface area (Å²) in [6.45, 7) is 9.07. The first-order valence-corrected chi connectivity index (χ1v) is 12.1. The Kier molecular flexibility index (Phi) is 7.91. The second kappa shape index (κ2) is 10.4. The summed E-state index contributed by atoms with van der Waals surface area (Å²) in [5.41, 5.74) is 8.32. The maximum Gasteiger partial charge on any atom is 0.0790 e. The van der Waals surface area contributed by atoms with E-state index in [-0.39, 0.29) is 6.10 Å². The van der Waals surface area contributed by atoms with Gasteiger partial charge in [-0.15, -0.1) is 11.3 Å². The van der Waals surface area contributed by atoms with Crippen LogP contribution in [0.25, 0.3) is 5.57 Å². The Bertz CT molecular complexity index is 839. The van der Waals surface area contributed by atoms with Gasteiger partial charge in [-0.25, -0.2) is 0 Å². The van der Waals surface area contributed by atoms with Crippen molar-refractivity contribution in [1.29, 1.82) is 0 Å². The highest BCUT2D eigenvalue weighted by molar-refractivity contribution is 7.09. The van der Waals surface area contributed by atoms with Crippen molar-refractivity contribution in [1.82, 2.24) is 0 Å². The second-order valence-electron chi connectivity index (χ2n) is 8.50. The Labute approximate surface area is 181 Å². The number of hydrogen-bond acceptors (Lipinski definition) is 2. The molecule has 156 valence electrons. The van der Waals surface area contributed by atoms with Crippen molar-refractivity contribution in [3.8, 4) is 0 Å². The number of thiophene rings is 1. The van der Waals surface area contributed by atoms with Crippen LogP contribution in [0.1, 0.15) is 88.3 Å². The molecule has 1 nitrogen and oxygen atoms in total. The molecule has 3 rings (SSSR count). The molecular weight excluding hydrogens is 372 g/mol. The van der Waals surface area contributed by atoms with Crippen LogP contribution in [0.5, 0.6) is 0 Å². The van der Waals surface area contributed by atoms with Crippen molar-refractivity contribution in [3.05, 3.63) is 74.5 Å². The van der Waals surface area contributed by atoms with Crippen LogP contribution in [0, 0.1) is 5.92 Å². The van der Waals surface area contributed by atoms with Gasteiger partial charge in [-0.05, 0) is 85.7 Å². The van der Waals surface area contributed by atoms with Crippen LogP contribution in [-0.2, 0) is 6.42 Å². The van der Waals surface area contributed by atoms with Gasteiger partial charge in [0.25, 0.3) is 0 Å². The van der Waals surface area contributed by atoms with Crippen molar-refractivity contribution in [2.24, 2.45) is 5.92 Å². The molecule has 0 fully saturated rings. The van der Waals surface area contributed by atoms with Gasteiger partial charge in [-0.1, -0.05) is 62.1 Å². The highest BCUT2D eigenvalue weighted by Gasteiger charge is 2.28. The first-order chi connectivity index (χ1) is 14.0. The van der Waals surface area contributed by atoms with Gasteiger partial charge in [-0.2, -0.15) is 0 Å². The number of aryl methyl sites for hydroxylation is 1. The first-order valence-electron chi connectivity index (χ1n) is 11.2. The van der Waals surface area contributed by atoms with Gasteiger partial charge in [-0.3, -0.25) is 0 Å². The molecule has 1 aromatic carbocycles. The smallest absolute Gasteiger partial charge is 0.0790 e. The average molecular weight is 409 g/mol. The SMILES string of the molecule is CCCCCC(O)c1ccc(C2=C(C)C(C)=C(C)[C@@H]2CCCc2cccs2)cc1. The van der Waals surface area contributed by atoms with Crippen LogP contribution in [-0.4, -0.2) is 5.11 Å². The zero-order valence-electron chi connectivity index (χ0n) is 18.5. The van der Waals surface area contributed by atoms with Crippen molar-refractivity contribution in [2.75, 3.05) is 0 Å². The van der Waals surface area contributed by atoms with Crippen LogP contribution in [0.4, 0.5) is 0 Å². The lowest BCUT2D eigenvalue weighted by Gasteiger charge is -2.19. The third-order valence-corrected chi connectivity index (χ3v) is 7.55. The molecule has 2 aromatic rings. The first kappa shape index (κ1) is 22.1. The molecule has 0 spiro atoms. The van der Waals surface area contributed by atoms with E-state index in [2.05, 4.69) is 69.5 Å². The van der Waals surface area contributed by atoms with Crippen LogP contribution < -0.4 is 0 Å².